The van der Waals surface area contributed by atoms with Crippen molar-refractivity contribution in [2.45, 2.75) is 69.5 Å². The quantitative estimate of drug-likeness (QED) is 0.257. The highest BCUT2D eigenvalue weighted by Crippen LogP contribution is 2.32. The number of halogens is 1. The zero-order valence-corrected chi connectivity index (χ0v) is 28.0. The first-order chi connectivity index (χ1) is 21.0. The van der Waals surface area contributed by atoms with Gasteiger partial charge in [0.25, 0.3) is 10.0 Å². The zero-order valence-electron chi connectivity index (χ0n) is 25.6. The molecule has 1 N–H and O–H groups in total. The standard InChI is InChI=1S/C33H40BrN3O6S/c1-23-13-15-28(16-14-23)37(44(40,41)29-17-18-30(42-3)31(20-29)43-4)22-32(38)36(21-25-9-8-10-26(34)19-25)24(2)33(39)35-27-11-6-5-7-12-27/h8-10,13-20,24,27H,5-7,11-12,21-22H2,1-4H3,(H,35,39)/t24-/m0/s1. The number of nitrogens with zero attached hydrogens (tertiary/aromatic N) is 2. The SMILES string of the molecule is COc1ccc(S(=O)(=O)N(CC(=O)N(Cc2cccc(Br)c2)[C@@H](C)C(=O)NC2CCCCC2)c2ccc(C)cc2)cc1OC. The Balaban J connectivity index is 1.70. The molecule has 1 atom stereocenters. The van der Waals surface area contributed by atoms with Gasteiger partial charge in [-0.05, 0) is 68.7 Å². The fourth-order valence-electron chi connectivity index (χ4n) is 5.33. The molecule has 1 fully saturated rings. The number of anilines is 1. The van der Waals surface area contributed by atoms with Crippen molar-refractivity contribution in [3.63, 3.8) is 0 Å². The molecule has 1 aliphatic carbocycles. The van der Waals surface area contributed by atoms with Crippen molar-refractivity contribution in [1.82, 2.24) is 10.2 Å². The minimum Gasteiger partial charge on any atom is -0.493 e. The number of carbonyl (C=O) groups is 2. The molecule has 9 nitrogen and oxygen atoms in total. The number of aryl methyl sites for hydroxylation is 1. The van der Waals surface area contributed by atoms with Gasteiger partial charge >= 0.3 is 0 Å². The van der Waals surface area contributed by atoms with Crippen LogP contribution in [0.25, 0.3) is 0 Å². The molecular formula is C33H40BrN3O6S. The van der Waals surface area contributed by atoms with E-state index in [1.807, 2.05) is 31.2 Å². The molecule has 0 radical (unpaired) electrons. The second-order valence-electron chi connectivity index (χ2n) is 11.0. The summed E-state index contributed by atoms with van der Waals surface area (Å²) < 4.78 is 40.9. The molecule has 0 unspecified atom stereocenters. The molecule has 0 saturated heterocycles. The van der Waals surface area contributed by atoms with Crippen molar-refractivity contribution in [2.24, 2.45) is 0 Å². The van der Waals surface area contributed by atoms with Gasteiger partial charge in [0, 0.05) is 23.1 Å². The largest absolute Gasteiger partial charge is 0.493 e. The maximum atomic E-state index is 14.2. The summed E-state index contributed by atoms with van der Waals surface area (Å²) in [5.74, 6) is -0.152. The Kier molecular flexibility index (Phi) is 11.3. The predicted molar refractivity (Wildman–Crippen MR) is 174 cm³/mol. The number of nitrogens with one attached hydrogen (secondary N) is 1. The van der Waals surface area contributed by atoms with E-state index in [0.717, 1.165) is 52.0 Å². The lowest BCUT2D eigenvalue weighted by atomic mass is 9.95. The average molecular weight is 687 g/mol. The molecule has 3 aromatic rings. The van der Waals surface area contributed by atoms with E-state index in [1.165, 1.54) is 37.3 Å². The average Bonchev–Trinajstić information content (AvgIpc) is 3.02. The lowest BCUT2D eigenvalue weighted by Crippen LogP contribution is -2.53. The Hall–Kier alpha value is -3.57. The maximum absolute atomic E-state index is 14.2. The zero-order chi connectivity index (χ0) is 31.9. The molecule has 1 saturated carbocycles. The Labute approximate surface area is 268 Å². The Morgan fingerprint density at radius 3 is 2.27 bits per heavy atom. The van der Waals surface area contributed by atoms with E-state index >= 15 is 0 Å². The van der Waals surface area contributed by atoms with Gasteiger partial charge in [-0.1, -0.05) is 65.0 Å². The van der Waals surface area contributed by atoms with Crippen LogP contribution in [0.1, 0.15) is 50.2 Å². The predicted octanol–water partition coefficient (Wildman–Crippen LogP) is 5.84. The number of ether oxygens (including phenoxy) is 2. The van der Waals surface area contributed by atoms with Gasteiger partial charge in [-0.3, -0.25) is 13.9 Å². The minimum absolute atomic E-state index is 0.0647. The van der Waals surface area contributed by atoms with E-state index in [4.69, 9.17) is 9.47 Å². The summed E-state index contributed by atoms with van der Waals surface area (Å²) in [7, 11) is -1.37. The molecule has 0 spiro atoms. The molecule has 0 aromatic heterocycles. The molecule has 236 valence electrons. The van der Waals surface area contributed by atoms with Crippen LogP contribution < -0.4 is 19.1 Å². The summed E-state index contributed by atoms with van der Waals surface area (Å²) in [6.07, 6.45) is 5.07. The highest BCUT2D eigenvalue weighted by Gasteiger charge is 2.33. The molecule has 11 heteroatoms. The van der Waals surface area contributed by atoms with Crippen LogP contribution >= 0.6 is 15.9 Å². The topological polar surface area (TPSA) is 105 Å². The first-order valence-corrected chi connectivity index (χ1v) is 16.9. The first-order valence-electron chi connectivity index (χ1n) is 14.7. The van der Waals surface area contributed by atoms with Crippen molar-refractivity contribution in [3.05, 3.63) is 82.3 Å². The highest BCUT2D eigenvalue weighted by molar-refractivity contribution is 9.10. The van der Waals surface area contributed by atoms with Gasteiger partial charge in [-0.15, -0.1) is 0 Å². The van der Waals surface area contributed by atoms with E-state index in [9.17, 15) is 18.0 Å². The summed E-state index contributed by atoms with van der Waals surface area (Å²) in [4.78, 5) is 29.1. The Bertz CT molecular complexity index is 1560. The minimum atomic E-state index is -4.26. The fourth-order valence-corrected chi connectivity index (χ4v) is 7.20. The number of rotatable bonds is 12. The third-order valence-corrected chi connectivity index (χ3v) is 10.2. The van der Waals surface area contributed by atoms with E-state index in [-0.39, 0.29) is 29.1 Å². The molecule has 0 heterocycles. The van der Waals surface area contributed by atoms with Crippen molar-refractivity contribution >= 4 is 43.5 Å². The van der Waals surface area contributed by atoms with E-state index < -0.39 is 28.5 Å². The number of carbonyl (C=O) groups excluding carboxylic acids is 2. The van der Waals surface area contributed by atoms with Gasteiger partial charge in [0.05, 0.1) is 24.8 Å². The second-order valence-corrected chi connectivity index (χ2v) is 13.8. The lowest BCUT2D eigenvalue weighted by Gasteiger charge is -2.33. The summed E-state index contributed by atoms with van der Waals surface area (Å²) in [6, 6.07) is 17.9. The van der Waals surface area contributed by atoms with Crippen molar-refractivity contribution < 1.29 is 27.5 Å². The monoisotopic (exact) mass is 685 g/mol. The molecule has 44 heavy (non-hydrogen) atoms. The lowest BCUT2D eigenvalue weighted by molar-refractivity contribution is -0.139. The van der Waals surface area contributed by atoms with E-state index in [2.05, 4.69) is 21.2 Å². The first kappa shape index (κ1) is 33.3. The van der Waals surface area contributed by atoms with E-state index in [1.54, 1.807) is 31.2 Å². The molecule has 0 bridgehead atoms. The molecule has 0 aliphatic heterocycles. The number of benzene rings is 3. The Morgan fingerprint density at radius 1 is 0.955 bits per heavy atom. The van der Waals surface area contributed by atoms with Crippen LogP contribution in [0.2, 0.25) is 0 Å². The van der Waals surface area contributed by atoms with Crippen LogP contribution in [0.5, 0.6) is 11.5 Å². The molecule has 1 aliphatic rings. The van der Waals surface area contributed by atoms with Crippen LogP contribution in [0, 0.1) is 6.92 Å². The van der Waals surface area contributed by atoms with Crippen LogP contribution in [0.4, 0.5) is 5.69 Å². The Morgan fingerprint density at radius 2 is 1.64 bits per heavy atom. The highest BCUT2D eigenvalue weighted by atomic mass is 79.9. The number of methoxy groups -OCH3 is 2. The maximum Gasteiger partial charge on any atom is 0.264 e. The summed E-state index contributed by atoms with van der Waals surface area (Å²) in [5.41, 5.74) is 2.06. The third kappa shape index (κ3) is 8.12. The van der Waals surface area contributed by atoms with Gasteiger partial charge in [0.1, 0.15) is 12.6 Å². The summed E-state index contributed by atoms with van der Waals surface area (Å²) in [5, 5.41) is 3.12. The van der Waals surface area contributed by atoms with Crippen LogP contribution in [-0.2, 0) is 26.2 Å². The molecule has 2 amide bonds. The van der Waals surface area contributed by atoms with Crippen molar-refractivity contribution in [2.75, 3.05) is 25.1 Å². The number of sulfonamides is 1. The number of amides is 2. The third-order valence-electron chi connectivity index (χ3n) is 7.90. The summed E-state index contributed by atoms with van der Waals surface area (Å²) in [6.45, 7) is 3.19. The van der Waals surface area contributed by atoms with Gasteiger partial charge < -0.3 is 19.7 Å². The number of hydrogen-bond donors (Lipinski definition) is 1. The van der Waals surface area contributed by atoms with Gasteiger partial charge in [0.2, 0.25) is 11.8 Å². The second kappa shape index (κ2) is 14.9. The van der Waals surface area contributed by atoms with Crippen LogP contribution in [0.3, 0.4) is 0 Å². The summed E-state index contributed by atoms with van der Waals surface area (Å²) >= 11 is 3.48. The molecule has 4 rings (SSSR count). The normalized spacial score (nSPS) is 14.4. The molecule has 3 aromatic carbocycles. The van der Waals surface area contributed by atoms with Crippen LogP contribution in [0.15, 0.2) is 76.1 Å². The van der Waals surface area contributed by atoms with Crippen molar-refractivity contribution in [1.29, 1.82) is 0 Å². The number of hydrogen-bond acceptors (Lipinski definition) is 6. The van der Waals surface area contributed by atoms with Crippen molar-refractivity contribution in [3.8, 4) is 11.5 Å². The van der Waals surface area contributed by atoms with Gasteiger partial charge in [0.15, 0.2) is 11.5 Å². The van der Waals surface area contributed by atoms with Gasteiger partial charge in [-0.25, -0.2) is 8.42 Å². The fraction of sp³-hybridized carbons (Fsp3) is 0.394. The van der Waals surface area contributed by atoms with Gasteiger partial charge in [-0.2, -0.15) is 0 Å². The molecular weight excluding hydrogens is 646 g/mol. The van der Waals surface area contributed by atoms with E-state index in [0.29, 0.717) is 11.4 Å². The van der Waals surface area contributed by atoms with Crippen LogP contribution in [-0.4, -0.2) is 58.0 Å². The smallest absolute Gasteiger partial charge is 0.264 e.